The summed E-state index contributed by atoms with van der Waals surface area (Å²) in [6, 6.07) is 7.73. The van der Waals surface area contributed by atoms with Gasteiger partial charge in [0.25, 0.3) is 0 Å². The summed E-state index contributed by atoms with van der Waals surface area (Å²) in [5, 5.41) is 19.2. The summed E-state index contributed by atoms with van der Waals surface area (Å²) < 4.78 is 18.3. The van der Waals surface area contributed by atoms with Crippen LogP contribution < -0.4 is 0 Å². The van der Waals surface area contributed by atoms with Gasteiger partial charge in [-0.25, -0.2) is 0 Å². The van der Waals surface area contributed by atoms with E-state index in [9.17, 15) is 0 Å². The van der Waals surface area contributed by atoms with Crippen LogP contribution in [-0.4, -0.2) is 37.9 Å². The van der Waals surface area contributed by atoms with Gasteiger partial charge in [-0.05, 0) is 32.3 Å². The SMILES string of the molecule is Cc1ccc2c(c1)c(Cl)nn1c(-c3cc(COC4CCCCO4)on3)nnc21. The molecule has 9 heteroatoms. The predicted octanol–water partition coefficient (Wildman–Crippen LogP) is 3.94. The lowest BCUT2D eigenvalue weighted by atomic mass is 10.1. The minimum Gasteiger partial charge on any atom is -0.358 e. The molecule has 1 aromatic carbocycles. The van der Waals surface area contributed by atoms with Crippen molar-refractivity contribution in [1.82, 2.24) is 25.0 Å². The molecule has 0 amide bonds. The first-order chi connectivity index (χ1) is 13.7. The van der Waals surface area contributed by atoms with Crippen molar-refractivity contribution in [3.63, 3.8) is 0 Å². The zero-order chi connectivity index (χ0) is 19.1. The Morgan fingerprint density at radius 1 is 1.21 bits per heavy atom. The lowest BCUT2D eigenvalue weighted by molar-refractivity contribution is -0.171. The Morgan fingerprint density at radius 2 is 2.14 bits per heavy atom. The maximum absolute atomic E-state index is 6.40. The Morgan fingerprint density at radius 3 is 3.00 bits per heavy atom. The van der Waals surface area contributed by atoms with Crippen LogP contribution in [-0.2, 0) is 16.1 Å². The van der Waals surface area contributed by atoms with Gasteiger partial charge in [0.05, 0.1) is 0 Å². The highest BCUT2D eigenvalue weighted by Gasteiger charge is 2.19. The molecule has 144 valence electrons. The molecule has 1 unspecified atom stereocenters. The van der Waals surface area contributed by atoms with Gasteiger partial charge >= 0.3 is 0 Å². The number of benzene rings is 1. The summed E-state index contributed by atoms with van der Waals surface area (Å²) in [5.74, 6) is 1.05. The Bertz CT molecular complexity index is 1150. The van der Waals surface area contributed by atoms with Crippen molar-refractivity contribution in [2.24, 2.45) is 0 Å². The van der Waals surface area contributed by atoms with Crippen LogP contribution >= 0.6 is 11.6 Å². The summed E-state index contributed by atoms with van der Waals surface area (Å²) in [7, 11) is 0. The minimum atomic E-state index is -0.188. The van der Waals surface area contributed by atoms with Crippen LogP contribution in [0.4, 0.5) is 0 Å². The van der Waals surface area contributed by atoms with Gasteiger partial charge in [-0.3, -0.25) is 0 Å². The Kier molecular flexibility index (Phi) is 4.46. The largest absolute Gasteiger partial charge is 0.358 e. The number of halogens is 1. The molecule has 0 bridgehead atoms. The van der Waals surface area contributed by atoms with E-state index in [4.69, 9.17) is 25.6 Å². The molecule has 8 nitrogen and oxygen atoms in total. The first-order valence-corrected chi connectivity index (χ1v) is 9.57. The third-order valence-electron chi connectivity index (χ3n) is 4.80. The molecule has 1 saturated heterocycles. The summed E-state index contributed by atoms with van der Waals surface area (Å²) in [6.07, 6.45) is 2.89. The lowest BCUT2D eigenvalue weighted by Crippen LogP contribution is -2.21. The van der Waals surface area contributed by atoms with Gasteiger partial charge in [0.2, 0.25) is 5.82 Å². The fourth-order valence-corrected chi connectivity index (χ4v) is 3.60. The third-order valence-corrected chi connectivity index (χ3v) is 5.08. The molecular formula is C19H18ClN5O3. The van der Waals surface area contributed by atoms with E-state index in [0.29, 0.717) is 28.1 Å². The van der Waals surface area contributed by atoms with E-state index in [1.807, 2.05) is 25.1 Å². The number of hydrogen-bond donors (Lipinski definition) is 0. The van der Waals surface area contributed by atoms with Gasteiger partial charge in [0.1, 0.15) is 6.61 Å². The lowest BCUT2D eigenvalue weighted by Gasteiger charge is -2.21. The maximum atomic E-state index is 6.40. The van der Waals surface area contributed by atoms with E-state index in [0.717, 1.165) is 42.2 Å². The summed E-state index contributed by atoms with van der Waals surface area (Å²) in [5.41, 5.74) is 2.24. The molecule has 5 rings (SSSR count). The van der Waals surface area contributed by atoms with Gasteiger partial charge in [-0.2, -0.15) is 9.61 Å². The quantitative estimate of drug-likeness (QED) is 0.513. The number of nitrogens with zero attached hydrogens (tertiary/aromatic N) is 5. The molecule has 1 aliphatic rings. The van der Waals surface area contributed by atoms with Crippen molar-refractivity contribution in [3.8, 4) is 11.5 Å². The molecule has 4 aromatic rings. The van der Waals surface area contributed by atoms with Crippen LogP contribution in [0.3, 0.4) is 0 Å². The van der Waals surface area contributed by atoms with Gasteiger partial charge < -0.3 is 14.0 Å². The average molecular weight is 400 g/mol. The van der Waals surface area contributed by atoms with Gasteiger partial charge in [0, 0.05) is 23.4 Å². The molecule has 28 heavy (non-hydrogen) atoms. The zero-order valence-electron chi connectivity index (χ0n) is 15.3. The van der Waals surface area contributed by atoms with Crippen molar-refractivity contribution in [1.29, 1.82) is 0 Å². The van der Waals surface area contributed by atoms with E-state index in [-0.39, 0.29) is 12.9 Å². The van der Waals surface area contributed by atoms with E-state index < -0.39 is 0 Å². The number of ether oxygens (including phenoxy) is 2. The summed E-state index contributed by atoms with van der Waals surface area (Å²) in [4.78, 5) is 0. The third kappa shape index (κ3) is 3.13. The van der Waals surface area contributed by atoms with Crippen LogP contribution in [0.15, 0.2) is 28.8 Å². The van der Waals surface area contributed by atoms with Crippen molar-refractivity contribution < 1.29 is 14.0 Å². The molecule has 3 aromatic heterocycles. The second kappa shape index (κ2) is 7.12. The smallest absolute Gasteiger partial charge is 0.207 e. The van der Waals surface area contributed by atoms with Crippen LogP contribution in [0.5, 0.6) is 0 Å². The number of aryl methyl sites for hydroxylation is 1. The zero-order valence-corrected chi connectivity index (χ0v) is 16.0. The monoisotopic (exact) mass is 399 g/mol. The molecular weight excluding hydrogens is 382 g/mol. The van der Waals surface area contributed by atoms with Gasteiger partial charge in [-0.1, -0.05) is 34.5 Å². The maximum Gasteiger partial charge on any atom is 0.207 e. The average Bonchev–Trinajstić information content (AvgIpc) is 3.34. The van der Waals surface area contributed by atoms with E-state index in [1.165, 1.54) is 0 Å². The Balaban J connectivity index is 1.46. The molecule has 0 spiro atoms. The van der Waals surface area contributed by atoms with Crippen molar-refractivity contribution in [2.45, 2.75) is 39.1 Å². The molecule has 4 heterocycles. The standard InChI is InChI=1S/C19H18ClN5O3/c1-11-5-6-13-14(8-11)17(20)23-25-18(13)21-22-19(25)15-9-12(28-24-15)10-27-16-4-2-3-7-26-16/h5-6,8-9,16H,2-4,7,10H2,1H3. The number of aromatic nitrogens is 5. The first-order valence-electron chi connectivity index (χ1n) is 9.19. The molecule has 1 atom stereocenters. The highest BCUT2D eigenvalue weighted by molar-refractivity contribution is 6.34. The molecule has 0 saturated carbocycles. The molecule has 1 aliphatic heterocycles. The normalized spacial score (nSPS) is 17.6. The van der Waals surface area contributed by atoms with Crippen LogP contribution in [0.25, 0.3) is 27.9 Å². The topological polar surface area (TPSA) is 87.6 Å². The fraction of sp³-hybridized carbons (Fsp3) is 0.368. The number of hydrogen-bond acceptors (Lipinski definition) is 7. The van der Waals surface area contributed by atoms with Crippen LogP contribution in [0.2, 0.25) is 5.15 Å². The summed E-state index contributed by atoms with van der Waals surface area (Å²) >= 11 is 6.40. The highest BCUT2D eigenvalue weighted by Crippen LogP contribution is 2.28. The predicted molar refractivity (Wildman–Crippen MR) is 102 cm³/mol. The molecule has 0 N–H and O–H groups in total. The molecule has 1 fully saturated rings. The second-order valence-electron chi connectivity index (χ2n) is 6.88. The van der Waals surface area contributed by atoms with Gasteiger partial charge in [-0.15, -0.1) is 10.2 Å². The number of rotatable bonds is 4. The first kappa shape index (κ1) is 17.5. The van der Waals surface area contributed by atoms with Crippen molar-refractivity contribution in [3.05, 3.63) is 40.7 Å². The Labute approximate surface area is 165 Å². The molecule has 0 radical (unpaired) electrons. The van der Waals surface area contributed by atoms with E-state index in [1.54, 1.807) is 10.6 Å². The number of fused-ring (bicyclic) bond motifs is 3. The highest BCUT2D eigenvalue weighted by atomic mass is 35.5. The van der Waals surface area contributed by atoms with Crippen molar-refractivity contribution >= 4 is 28.0 Å². The minimum absolute atomic E-state index is 0.188. The second-order valence-corrected chi connectivity index (χ2v) is 7.24. The van der Waals surface area contributed by atoms with Crippen LogP contribution in [0, 0.1) is 6.92 Å². The molecule has 0 aliphatic carbocycles. The van der Waals surface area contributed by atoms with E-state index in [2.05, 4.69) is 20.5 Å². The Hall–Kier alpha value is -2.55. The summed E-state index contributed by atoms with van der Waals surface area (Å²) in [6.45, 7) is 3.02. The van der Waals surface area contributed by atoms with Crippen LogP contribution in [0.1, 0.15) is 30.6 Å². The van der Waals surface area contributed by atoms with Crippen molar-refractivity contribution in [2.75, 3.05) is 6.61 Å². The van der Waals surface area contributed by atoms with E-state index >= 15 is 0 Å². The van der Waals surface area contributed by atoms with Gasteiger partial charge in [0.15, 0.2) is 28.5 Å². The fourth-order valence-electron chi connectivity index (χ4n) is 3.37.